The second kappa shape index (κ2) is 6.95. The Hall–Kier alpha value is 0.741. The zero-order valence-electron chi connectivity index (χ0n) is 9.11. The summed E-state index contributed by atoms with van der Waals surface area (Å²) in [5.41, 5.74) is -1.00. The number of rotatable bonds is 4. The third kappa shape index (κ3) is 6.26. The molecule has 1 rings (SSSR count). The van der Waals surface area contributed by atoms with Crippen molar-refractivity contribution in [3.8, 4) is 5.75 Å². The Morgan fingerprint density at radius 2 is 1.78 bits per heavy atom. The van der Waals surface area contributed by atoms with Crippen molar-refractivity contribution >= 4 is 35.6 Å². The zero-order valence-corrected chi connectivity index (χ0v) is 13.9. The van der Waals surface area contributed by atoms with Crippen LogP contribution < -0.4 is 61.0 Å². The van der Waals surface area contributed by atoms with Crippen LogP contribution in [0.5, 0.6) is 5.75 Å². The summed E-state index contributed by atoms with van der Waals surface area (Å²) in [7, 11) is -5.35. The van der Waals surface area contributed by atoms with Gasteiger partial charge in [0.1, 0.15) is 5.75 Å². The van der Waals surface area contributed by atoms with Gasteiger partial charge in [-0.3, -0.25) is 0 Å². The van der Waals surface area contributed by atoms with Crippen LogP contribution in [0.1, 0.15) is 5.56 Å². The first-order chi connectivity index (χ1) is 7.62. The Balaban J connectivity index is 0.00000289. The molecular formula is C7H6BF4KO3S2. The molecule has 0 radical (unpaired) electrons. The molecule has 0 aliphatic rings. The third-order valence-corrected chi connectivity index (χ3v) is 2.50. The molecule has 0 N–H and O–H groups in total. The first kappa shape index (κ1) is 18.7. The Morgan fingerprint density at radius 3 is 2.17 bits per heavy atom. The fourth-order valence-corrected chi connectivity index (χ4v) is 1.64. The van der Waals surface area contributed by atoms with E-state index >= 15 is 0 Å². The van der Waals surface area contributed by atoms with Crippen LogP contribution in [0.25, 0.3) is 0 Å². The maximum absolute atomic E-state index is 12.5. The minimum Gasteiger partial charge on any atom is -0.445 e. The molecule has 0 saturated carbocycles. The summed E-state index contributed by atoms with van der Waals surface area (Å²) in [6.07, 6.45) is 0. The largest absolute Gasteiger partial charge is 1.00 e. The van der Waals surface area contributed by atoms with Gasteiger partial charge in [-0.1, -0.05) is 9.95 Å². The molecule has 1 aromatic carbocycles. The molecule has 0 aromatic heterocycles. The molecule has 0 fully saturated rings. The molecule has 0 aliphatic heterocycles. The SMILES string of the molecule is O=S(=O)(F)Oc1cc(CS)cc([B-](F)(F)F)c1.[K+]. The van der Waals surface area contributed by atoms with E-state index in [0.717, 1.165) is 12.1 Å². The van der Waals surface area contributed by atoms with Crippen molar-refractivity contribution in [2.24, 2.45) is 0 Å². The fraction of sp³-hybridized carbons (Fsp3) is 0.143. The smallest absolute Gasteiger partial charge is 0.445 e. The predicted octanol–water partition coefficient (Wildman–Crippen LogP) is -1.23. The van der Waals surface area contributed by atoms with Gasteiger partial charge in [0, 0.05) is 5.75 Å². The van der Waals surface area contributed by atoms with Gasteiger partial charge in [-0.05, 0) is 17.7 Å². The number of thiol groups is 1. The van der Waals surface area contributed by atoms with Crippen LogP contribution in [-0.4, -0.2) is 15.4 Å². The Bertz CT molecular complexity index is 520. The van der Waals surface area contributed by atoms with Crippen molar-refractivity contribution in [2.75, 3.05) is 0 Å². The van der Waals surface area contributed by atoms with Gasteiger partial charge in [0.25, 0.3) is 0 Å². The van der Waals surface area contributed by atoms with Gasteiger partial charge >= 0.3 is 68.9 Å². The summed E-state index contributed by atoms with van der Waals surface area (Å²) in [5.74, 6) is -0.795. The summed E-state index contributed by atoms with van der Waals surface area (Å²) in [5, 5.41) is 0. The van der Waals surface area contributed by atoms with E-state index in [4.69, 9.17) is 0 Å². The van der Waals surface area contributed by atoms with Crippen LogP contribution in [0.15, 0.2) is 18.2 Å². The quantitative estimate of drug-likeness (QED) is 0.326. The third-order valence-electron chi connectivity index (χ3n) is 1.74. The van der Waals surface area contributed by atoms with E-state index in [0.29, 0.717) is 6.07 Å². The first-order valence-electron chi connectivity index (χ1n) is 4.20. The molecule has 0 saturated heterocycles. The van der Waals surface area contributed by atoms with Crippen LogP contribution in [0.4, 0.5) is 16.8 Å². The van der Waals surface area contributed by atoms with Crippen molar-refractivity contribution in [3.63, 3.8) is 0 Å². The van der Waals surface area contributed by atoms with Crippen molar-refractivity contribution < 1.29 is 80.8 Å². The van der Waals surface area contributed by atoms with Crippen LogP contribution in [0.2, 0.25) is 0 Å². The van der Waals surface area contributed by atoms with E-state index in [9.17, 15) is 25.3 Å². The van der Waals surface area contributed by atoms with Crippen molar-refractivity contribution in [1.82, 2.24) is 0 Å². The molecule has 0 aliphatic carbocycles. The average Bonchev–Trinajstić information content (AvgIpc) is 2.13. The number of halogens is 4. The van der Waals surface area contributed by atoms with E-state index in [1.807, 2.05) is 0 Å². The number of benzene rings is 1. The molecule has 96 valence electrons. The van der Waals surface area contributed by atoms with Gasteiger partial charge in [-0.2, -0.15) is 21.0 Å². The van der Waals surface area contributed by atoms with Gasteiger partial charge in [-0.15, -0.1) is 5.46 Å². The molecular weight excluding hydrogens is 322 g/mol. The summed E-state index contributed by atoms with van der Waals surface area (Å²) in [6, 6.07) is 2.18. The second-order valence-corrected chi connectivity index (χ2v) is 4.39. The minimum atomic E-state index is -5.35. The monoisotopic (exact) mass is 328 g/mol. The van der Waals surface area contributed by atoms with Gasteiger partial charge in [-0.25, -0.2) is 0 Å². The van der Waals surface area contributed by atoms with E-state index in [1.165, 1.54) is 0 Å². The van der Waals surface area contributed by atoms with E-state index in [1.54, 1.807) is 0 Å². The summed E-state index contributed by atoms with van der Waals surface area (Å²) in [6.45, 7) is -5.33. The molecule has 0 atom stereocenters. The molecule has 0 spiro atoms. The zero-order chi connectivity index (χ0) is 13.3. The molecule has 3 nitrogen and oxygen atoms in total. The van der Waals surface area contributed by atoms with Crippen LogP contribution >= 0.6 is 12.6 Å². The van der Waals surface area contributed by atoms with Crippen LogP contribution in [-0.2, 0) is 16.3 Å². The van der Waals surface area contributed by atoms with Gasteiger partial charge in [0.15, 0.2) is 0 Å². The van der Waals surface area contributed by atoms with Gasteiger partial charge < -0.3 is 17.1 Å². The normalized spacial score (nSPS) is 11.8. The van der Waals surface area contributed by atoms with Gasteiger partial charge in [0.2, 0.25) is 0 Å². The summed E-state index contributed by atoms with van der Waals surface area (Å²) < 4.78 is 73.7. The van der Waals surface area contributed by atoms with Crippen molar-refractivity contribution in [2.45, 2.75) is 5.75 Å². The van der Waals surface area contributed by atoms with E-state index in [2.05, 4.69) is 16.8 Å². The van der Waals surface area contributed by atoms with Gasteiger partial charge in [0.05, 0.1) is 0 Å². The minimum absolute atomic E-state index is 0. The number of hydrogen-bond acceptors (Lipinski definition) is 4. The van der Waals surface area contributed by atoms with E-state index in [-0.39, 0.29) is 62.7 Å². The van der Waals surface area contributed by atoms with Crippen LogP contribution in [0, 0.1) is 0 Å². The Kier molecular flexibility index (Phi) is 7.24. The standard InChI is InChI=1S/C7H6BF4O3S2.K/c9-8(10,11)6-1-5(4-16)2-7(3-6)15-17(12,13)14;/h1-3,16H,4H2;/q-1;+1. The summed E-state index contributed by atoms with van der Waals surface area (Å²) in [4.78, 5) is 0. The predicted molar refractivity (Wildman–Crippen MR) is 58.5 cm³/mol. The molecule has 0 heterocycles. The Labute approximate surface area is 150 Å². The fourth-order valence-electron chi connectivity index (χ4n) is 1.13. The maximum Gasteiger partial charge on any atom is 1.00 e. The molecule has 1 aromatic rings. The number of hydrogen-bond donors (Lipinski definition) is 1. The molecule has 0 bridgehead atoms. The van der Waals surface area contributed by atoms with Crippen molar-refractivity contribution in [1.29, 1.82) is 0 Å². The van der Waals surface area contributed by atoms with E-state index < -0.39 is 28.7 Å². The molecule has 11 heteroatoms. The van der Waals surface area contributed by atoms with Crippen LogP contribution in [0.3, 0.4) is 0 Å². The maximum atomic E-state index is 12.5. The summed E-state index contributed by atoms with van der Waals surface area (Å²) >= 11 is 3.75. The molecule has 0 unspecified atom stereocenters. The topological polar surface area (TPSA) is 43.4 Å². The molecule has 0 amide bonds. The Morgan fingerprint density at radius 1 is 1.22 bits per heavy atom. The first-order valence-corrected chi connectivity index (χ1v) is 6.14. The van der Waals surface area contributed by atoms with Crippen molar-refractivity contribution in [3.05, 3.63) is 23.8 Å². The molecule has 18 heavy (non-hydrogen) atoms. The second-order valence-electron chi connectivity index (χ2n) is 3.12. The average molecular weight is 328 g/mol.